The van der Waals surface area contributed by atoms with E-state index in [4.69, 9.17) is 0 Å². The molecule has 1 aromatic heterocycles. The van der Waals surface area contributed by atoms with Gasteiger partial charge in [-0.1, -0.05) is 79.7 Å². The zero-order valence-corrected chi connectivity index (χ0v) is 18.9. The number of rotatable bonds is 5. The Hall–Kier alpha value is -3.79. The van der Waals surface area contributed by atoms with Crippen LogP contribution >= 0.6 is 0 Å². The standard InChI is InChI=1S/C29H29N3O/c1-2-22-14-16-24(17-15-22)28-27-13-8-20-31(27)26-12-7-6-11-25(26)21-32(28)29(33)30-19-18-23-9-4-3-5-10-23/h3-17,20,28H,2,18-19,21H2,1H3,(H,30,33)/t28-/m0/s1. The van der Waals surface area contributed by atoms with Gasteiger partial charge >= 0.3 is 6.03 Å². The predicted molar refractivity (Wildman–Crippen MR) is 133 cm³/mol. The largest absolute Gasteiger partial charge is 0.338 e. The number of nitrogens with zero attached hydrogens (tertiary/aromatic N) is 2. The Bertz CT molecular complexity index is 1230. The molecule has 2 heterocycles. The number of aromatic nitrogens is 1. The molecule has 4 aromatic rings. The number of urea groups is 1. The van der Waals surface area contributed by atoms with E-state index >= 15 is 0 Å². The first-order valence-electron chi connectivity index (χ1n) is 11.7. The lowest BCUT2D eigenvalue weighted by molar-refractivity contribution is 0.181. The van der Waals surface area contributed by atoms with Crippen LogP contribution in [0.5, 0.6) is 0 Å². The van der Waals surface area contributed by atoms with Crippen LogP contribution in [0.4, 0.5) is 4.79 Å². The zero-order valence-electron chi connectivity index (χ0n) is 18.9. The maximum atomic E-state index is 13.6. The van der Waals surface area contributed by atoms with Gasteiger partial charge in [-0.25, -0.2) is 4.79 Å². The molecule has 0 unspecified atom stereocenters. The highest BCUT2D eigenvalue weighted by Crippen LogP contribution is 2.36. The molecule has 33 heavy (non-hydrogen) atoms. The molecule has 1 N–H and O–H groups in total. The van der Waals surface area contributed by atoms with Crippen LogP contribution in [0.3, 0.4) is 0 Å². The van der Waals surface area contributed by atoms with E-state index in [0.717, 1.165) is 35.3 Å². The van der Waals surface area contributed by atoms with Gasteiger partial charge in [0, 0.05) is 18.4 Å². The number of hydrogen-bond donors (Lipinski definition) is 1. The minimum atomic E-state index is -0.171. The molecule has 0 aliphatic carbocycles. The number of fused-ring (bicyclic) bond motifs is 3. The molecule has 4 heteroatoms. The maximum absolute atomic E-state index is 13.6. The van der Waals surface area contributed by atoms with E-state index in [1.165, 1.54) is 11.1 Å². The van der Waals surface area contributed by atoms with E-state index in [9.17, 15) is 4.79 Å². The van der Waals surface area contributed by atoms with Crippen LogP contribution < -0.4 is 5.32 Å². The van der Waals surface area contributed by atoms with Crippen LogP contribution in [0.2, 0.25) is 0 Å². The van der Waals surface area contributed by atoms with Crippen molar-refractivity contribution in [3.8, 4) is 5.69 Å². The van der Waals surface area contributed by atoms with E-state index in [0.29, 0.717) is 13.1 Å². The van der Waals surface area contributed by atoms with Crippen molar-refractivity contribution in [3.05, 3.63) is 125 Å². The molecular formula is C29H29N3O. The third-order valence-electron chi connectivity index (χ3n) is 6.46. The van der Waals surface area contributed by atoms with Gasteiger partial charge in [0.2, 0.25) is 0 Å². The van der Waals surface area contributed by atoms with Gasteiger partial charge in [0.05, 0.1) is 18.3 Å². The Labute approximate surface area is 195 Å². The summed E-state index contributed by atoms with van der Waals surface area (Å²) in [6.45, 7) is 3.31. The van der Waals surface area contributed by atoms with Crippen molar-refractivity contribution in [2.75, 3.05) is 6.54 Å². The summed E-state index contributed by atoms with van der Waals surface area (Å²) in [5.74, 6) is 0. The van der Waals surface area contributed by atoms with Crippen molar-refractivity contribution < 1.29 is 4.79 Å². The van der Waals surface area contributed by atoms with Crippen LogP contribution in [-0.2, 0) is 19.4 Å². The van der Waals surface area contributed by atoms with Crippen molar-refractivity contribution in [1.29, 1.82) is 0 Å². The molecule has 166 valence electrons. The number of hydrogen-bond acceptors (Lipinski definition) is 1. The van der Waals surface area contributed by atoms with E-state index in [2.05, 4.69) is 89.7 Å². The first-order valence-corrected chi connectivity index (χ1v) is 11.7. The first-order chi connectivity index (χ1) is 16.2. The van der Waals surface area contributed by atoms with Gasteiger partial charge in [-0.05, 0) is 53.3 Å². The molecule has 4 nitrogen and oxygen atoms in total. The highest BCUT2D eigenvalue weighted by atomic mass is 16.2. The SMILES string of the molecule is CCc1ccc([C@H]2c3cccn3-c3ccccc3CN2C(=O)NCCc2ccccc2)cc1. The summed E-state index contributed by atoms with van der Waals surface area (Å²) in [5.41, 5.74) is 7.01. The number of carbonyl (C=O) groups excluding carboxylic acids is 1. The fraction of sp³-hybridized carbons (Fsp3) is 0.207. The second kappa shape index (κ2) is 9.37. The smallest absolute Gasteiger partial charge is 0.318 e. The third kappa shape index (κ3) is 4.29. The molecule has 0 bridgehead atoms. The summed E-state index contributed by atoms with van der Waals surface area (Å²) >= 11 is 0. The van der Waals surface area contributed by atoms with E-state index in [1.807, 2.05) is 29.2 Å². The van der Waals surface area contributed by atoms with Crippen LogP contribution in [0, 0.1) is 0 Å². The predicted octanol–water partition coefficient (Wildman–Crippen LogP) is 5.90. The van der Waals surface area contributed by atoms with Crippen molar-refractivity contribution in [2.45, 2.75) is 32.4 Å². The van der Waals surface area contributed by atoms with Crippen molar-refractivity contribution in [2.24, 2.45) is 0 Å². The molecule has 1 aliphatic heterocycles. The van der Waals surface area contributed by atoms with Gasteiger partial charge in [-0.15, -0.1) is 0 Å². The lowest BCUT2D eigenvalue weighted by Crippen LogP contribution is -2.42. The molecule has 0 saturated carbocycles. The number of nitrogens with one attached hydrogen (secondary N) is 1. The van der Waals surface area contributed by atoms with Crippen LogP contribution in [-0.4, -0.2) is 22.0 Å². The summed E-state index contributed by atoms with van der Waals surface area (Å²) in [5, 5.41) is 3.18. The van der Waals surface area contributed by atoms with E-state index in [1.54, 1.807) is 0 Å². The van der Waals surface area contributed by atoms with Crippen LogP contribution in [0.1, 0.15) is 40.9 Å². The molecule has 0 saturated heterocycles. The summed E-state index contributed by atoms with van der Waals surface area (Å²) in [4.78, 5) is 15.6. The van der Waals surface area contributed by atoms with Gasteiger partial charge in [0.1, 0.15) is 0 Å². The maximum Gasteiger partial charge on any atom is 0.318 e. The molecule has 0 spiro atoms. The molecule has 0 radical (unpaired) electrons. The van der Waals surface area contributed by atoms with Crippen molar-refractivity contribution in [3.63, 3.8) is 0 Å². The number of para-hydroxylation sites is 1. The van der Waals surface area contributed by atoms with E-state index < -0.39 is 0 Å². The summed E-state index contributed by atoms with van der Waals surface area (Å²) in [6.07, 6.45) is 3.90. The topological polar surface area (TPSA) is 37.3 Å². The number of benzene rings is 3. The van der Waals surface area contributed by atoms with Gasteiger partial charge < -0.3 is 14.8 Å². The number of carbonyl (C=O) groups is 1. The Morgan fingerprint density at radius 2 is 1.64 bits per heavy atom. The van der Waals surface area contributed by atoms with Gasteiger partial charge in [-0.2, -0.15) is 0 Å². The molecule has 1 atom stereocenters. The fourth-order valence-electron chi connectivity index (χ4n) is 4.69. The Kier molecular flexibility index (Phi) is 5.99. The number of aryl methyl sites for hydroxylation is 1. The summed E-state index contributed by atoms with van der Waals surface area (Å²) in [7, 11) is 0. The Morgan fingerprint density at radius 1 is 0.879 bits per heavy atom. The second-order valence-corrected chi connectivity index (χ2v) is 8.52. The minimum Gasteiger partial charge on any atom is -0.338 e. The van der Waals surface area contributed by atoms with Crippen LogP contribution in [0.25, 0.3) is 5.69 Å². The highest BCUT2D eigenvalue weighted by Gasteiger charge is 2.32. The van der Waals surface area contributed by atoms with Crippen molar-refractivity contribution in [1.82, 2.24) is 14.8 Å². The minimum absolute atomic E-state index is 0.0417. The third-order valence-corrected chi connectivity index (χ3v) is 6.46. The Morgan fingerprint density at radius 3 is 2.42 bits per heavy atom. The quantitative estimate of drug-likeness (QED) is 0.417. The average molecular weight is 436 g/mol. The van der Waals surface area contributed by atoms with Gasteiger partial charge in [-0.3, -0.25) is 0 Å². The molecule has 2 amide bonds. The highest BCUT2D eigenvalue weighted by molar-refractivity contribution is 5.76. The summed E-state index contributed by atoms with van der Waals surface area (Å²) < 4.78 is 2.23. The molecule has 5 rings (SSSR count). The zero-order chi connectivity index (χ0) is 22.6. The Balaban J connectivity index is 1.49. The molecule has 3 aromatic carbocycles. The second-order valence-electron chi connectivity index (χ2n) is 8.52. The normalized spacial score (nSPS) is 14.8. The summed E-state index contributed by atoms with van der Waals surface area (Å²) in [6, 6.07) is 31.3. The van der Waals surface area contributed by atoms with Gasteiger partial charge in [0.15, 0.2) is 0 Å². The van der Waals surface area contributed by atoms with Crippen LogP contribution in [0.15, 0.2) is 97.2 Å². The molecular weight excluding hydrogens is 406 g/mol. The van der Waals surface area contributed by atoms with E-state index in [-0.39, 0.29) is 12.1 Å². The number of amides is 2. The lowest BCUT2D eigenvalue weighted by Gasteiger charge is -2.31. The lowest BCUT2D eigenvalue weighted by atomic mass is 10.00. The molecule has 1 aliphatic rings. The molecule has 0 fully saturated rings. The first kappa shape index (κ1) is 21.1. The fourth-order valence-corrected chi connectivity index (χ4v) is 4.69. The monoisotopic (exact) mass is 435 g/mol. The van der Waals surface area contributed by atoms with Gasteiger partial charge in [0.25, 0.3) is 0 Å². The van der Waals surface area contributed by atoms with Crippen molar-refractivity contribution >= 4 is 6.03 Å². The average Bonchev–Trinajstić information content (AvgIpc) is 3.29.